The van der Waals surface area contributed by atoms with E-state index in [-0.39, 0.29) is 0 Å². The highest BCUT2D eigenvalue weighted by molar-refractivity contribution is 6.01. The predicted octanol–water partition coefficient (Wildman–Crippen LogP) is 5.90. The number of fused-ring (bicyclic) bond motifs is 2. The summed E-state index contributed by atoms with van der Waals surface area (Å²) in [6.45, 7) is 0.855. The monoisotopic (exact) mass is 444 g/mol. The molecule has 4 heterocycles. The summed E-state index contributed by atoms with van der Waals surface area (Å²) in [5, 5.41) is 10.0. The first-order chi connectivity index (χ1) is 16.7. The number of aromatic amines is 2. The zero-order valence-corrected chi connectivity index (χ0v) is 19.1. The predicted molar refractivity (Wildman–Crippen MR) is 137 cm³/mol. The van der Waals surface area contributed by atoms with Crippen LogP contribution >= 0.6 is 0 Å². The van der Waals surface area contributed by atoms with Crippen LogP contribution in [0, 0.1) is 0 Å². The van der Waals surface area contributed by atoms with E-state index in [1.54, 1.807) is 0 Å². The molecule has 0 amide bonds. The van der Waals surface area contributed by atoms with Crippen molar-refractivity contribution in [2.45, 2.75) is 6.54 Å². The molecule has 34 heavy (non-hydrogen) atoms. The minimum atomic E-state index is 0.855. The number of nitrogens with one attached hydrogen (secondary N) is 2. The fourth-order valence-corrected chi connectivity index (χ4v) is 4.52. The Hall–Kier alpha value is -4.29. The second-order valence-corrected chi connectivity index (χ2v) is 8.82. The quantitative estimate of drug-likeness (QED) is 0.347. The van der Waals surface area contributed by atoms with Gasteiger partial charge in [0, 0.05) is 52.6 Å². The van der Waals surface area contributed by atoms with E-state index in [0.717, 1.165) is 62.1 Å². The average molecular weight is 445 g/mol. The molecule has 0 saturated heterocycles. The molecule has 6 nitrogen and oxygen atoms in total. The van der Waals surface area contributed by atoms with Gasteiger partial charge in [-0.15, -0.1) is 0 Å². The van der Waals surface area contributed by atoms with Crippen molar-refractivity contribution in [3.8, 4) is 33.8 Å². The molecule has 0 bridgehead atoms. The molecule has 0 saturated carbocycles. The summed E-state index contributed by atoms with van der Waals surface area (Å²) < 4.78 is 0. The minimum absolute atomic E-state index is 0.855. The zero-order valence-electron chi connectivity index (χ0n) is 19.1. The molecule has 6 rings (SSSR count). The number of hydrogen-bond donors (Lipinski definition) is 2. The lowest BCUT2D eigenvalue weighted by molar-refractivity contribution is 0.402. The van der Waals surface area contributed by atoms with Gasteiger partial charge in [0.1, 0.15) is 5.69 Å². The third-order valence-electron chi connectivity index (χ3n) is 6.05. The van der Waals surface area contributed by atoms with Crippen molar-refractivity contribution in [3.63, 3.8) is 0 Å². The molecule has 0 unspecified atom stereocenters. The van der Waals surface area contributed by atoms with Gasteiger partial charge in [0.2, 0.25) is 0 Å². The number of H-pyrrole nitrogens is 2. The van der Waals surface area contributed by atoms with Gasteiger partial charge >= 0.3 is 0 Å². The van der Waals surface area contributed by atoms with Crippen LogP contribution in [0.15, 0.2) is 85.3 Å². The highest BCUT2D eigenvalue weighted by Gasteiger charge is 2.15. The van der Waals surface area contributed by atoms with Crippen LogP contribution in [-0.2, 0) is 6.54 Å². The van der Waals surface area contributed by atoms with Crippen LogP contribution in [-0.4, -0.2) is 44.1 Å². The summed E-state index contributed by atoms with van der Waals surface area (Å²) in [7, 11) is 4.13. The van der Waals surface area contributed by atoms with Crippen molar-refractivity contribution in [1.29, 1.82) is 0 Å². The average Bonchev–Trinajstić information content (AvgIpc) is 3.48. The lowest BCUT2D eigenvalue weighted by atomic mass is 10.0. The fraction of sp³-hybridized carbons (Fsp3) is 0.107. The highest BCUT2D eigenvalue weighted by atomic mass is 15.1. The van der Waals surface area contributed by atoms with E-state index < -0.39 is 0 Å². The van der Waals surface area contributed by atoms with Crippen LogP contribution in [0.3, 0.4) is 0 Å². The Balaban J connectivity index is 1.45. The first kappa shape index (κ1) is 20.3. The van der Waals surface area contributed by atoms with Crippen LogP contribution in [0.1, 0.15) is 5.56 Å². The summed E-state index contributed by atoms with van der Waals surface area (Å²) in [4.78, 5) is 14.7. The second kappa shape index (κ2) is 8.24. The molecule has 166 valence electrons. The third kappa shape index (κ3) is 3.64. The summed E-state index contributed by atoms with van der Waals surface area (Å²) in [6, 6.07) is 23.0. The number of nitrogens with zero attached hydrogens (tertiary/aromatic N) is 4. The normalized spacial score (nSPS) is 11.6. The molecule has 4 aromatic heterocycles. The van der Waals surface area contributed by atoms with Crippen molar-refractivity contribution >= 4 is 21.8 Å². The molecule has 0 aliphatic rings. The number of aromatic nitrogens is 5. The van der Waals surface area contributed by atoms with Crippen LogP contribution < -0.4 is 0 Å². The second-order valence-electron chi connectivity index (χ2n) is 8.82. The molecular formula is C28H24N6. The van der Waals surface area contributed by atoms with Crippen LogP contribution in [0.2, 0.25) is 0 Å². The molecule has 0 atom stereocenters. The minimum Gasteiger partial charge on any atom is -0.353 e. The molecule has 0 fully saturated rings. The van der Waals surface area contributed by atoms with Crippen LogP contribution in [0.4, 0.5) is 0 Å². The maximum Gasteiger partial charge on any atom is 0.116 e. The van der Waals surface area contributed by atoms with Gasteiger partial charge < -0.3 is 9.88 Å². The Labute approximate surface area is 197 Å². The van der Waals surface area contributed by atoms with E-state index in [1.165, 1.54) is 5.56 Å². The fourth-order valence-electron chi connectivity index (χ4n) is 4.52. The summed E-state index contributed by atoms with van der Waals surface area (Å²) in [5.74, 6) is 0. The maximum absolute atomic E-state index is 4.66. The lowest BCUT2D eigenvalue weighted by Gasteiger charge is -2.10. The van der Waals surface area contributed by atoms with Crippen molar-refractivity contribution in [2.24, 2.45) is 0 Å². The zero-order chi connectivity index (χ0) is 23.1. The molecule has 0 radical (unpaired) electrons. The lowest BCUT2D eigenvalue weighted by Crippen LogP contribution is -2.10. The largest absolute Gasteiger partial charge is 0.353 e. The molecule has 2 N–H and O–H groups in total. The van der Waals surface area contributed by atoms with Gasteiger partial charge in [-0.2, -0.15) is 5.10 Å². The molecule has 6 heteroatoms. The Kier molecular flexibility index (Phi) is 4.93. The Bertz CT molecular complexity index is 1610. The van der Waals surface area contributed by atoms with Crippen LogP contribution in [0.5, 0.6) is 0 Å². The summed E-state index contributed by atoms with van der Waals surface area (Å²) in [5.41, 5.74) is 9.40. The van der Waals surface area contributed by atoms with Gasteiger partial charge in [-0.05, 0) is 67.7 Å². The number of benzene rings is 2. The molecular weight excluding hydrogens is 420 g/mol. The molecule has 0 aliphatic carbocycles. The number of pyridine rings is 2. The van der Waals surface area contributed by atoms with E-state index >= 15 is 0 Å². The van der Waals surface area contributed by atoms with Gasteiger partial charge in [-0.1, -0.05) is 24.3 Å². The van der Waals surface area contributed by atoms with E-state index in [9.17, 15) is 0 Å². The topological polar surface area (TPSA) is 73.5 Å². The Morgan fingerprint density at radius 3 is 2.62 bits per heavy atom. The molecule has 0 aliphatic heterocycles. The highest BCUT2D eigenvalue weighted by Crippen LogP contribution is 2.34. The summed E-state index contributed by atoms with van der Waals surface area (Å²) in [6.07, 6.45) is 5.67. The van der Waals surface area contributed by atoms with Crippen molar-refractivity contribution in [1.82, 2.24) is 30.0 Å². The SMILES string of the molecule is CN(C)Cc1cncc(-c2ccc3[nH]nc(-c4cc5c(-c6ccccn6)cccc5[nH]4)c3c2)c1. The first-order valence-electron chi connectivity index (χ1n) is 11.3. The maximum atomic E-state index is 4.66. The van der Waals surface area contributed by atoms with Gasteiger partial charge in [-0.3, -0.25) is 15.1 Å². The standard InChI is InChI=1S/C28H24N6/c1-34(2)17-18-12-20(16-29-15-18)19-9-10-26-23(13-19)28(33-32-26)27-14-22-21(6-5-8-25(22)31-27)24-7-3-4-11-30-24/h3-16,31H,17H2,1-2H3,(H,32,33). The number of hydrogen-bond acceptors (Lipinski definition) is 4. The van der Waals surface area contributed by atoms with Gasteiger partial charge in [-0.25, -0.2) is 0 Å². The Morgan fingerprint density at radius 1 is 0.824 bits per heavy atom. The third-order valence-corrected chi connectivity index (χ3v) is 6.05. The van der Waals surface area contributed by atoms with E-state index in [4.69, 9.17) is 0 Å². The smallest absolute Gasteiger partial charge is 0.116 e. The van der Waals surface area contributed by atoms with E-state index in [1.807, 2.05) is 36.8 Å². The van der Waals surface area contributed by atoms with E-state index in [0.29, 0.717) is 0 Å². The molecule has 6 aromatic rings. The number of rotatable bonds is 5. The molecule has 2 aromatic carbocycles. The van der Waals surface area contributed by atoms with Crippen molar-refractivity contribution in [3.05, 3.63) is 90.9 Å². The van der Waals surface area contributed by atoms with Gasteiger partial charge in [0.25, 0.3) is 0 Å². The van der Waals surface area contributed by atoms with Crippen molar-refractivity contribution in [2.75, 3.05) is 14.1 Å². The van der Waals surface area contributed by atoms with Crippen LogP contribution in [0.25, 0.3) is 55.6 Å². The van der Waals surface area contributed by atoms with Gasteiger partial charge in [0.05, 0.1) is 16.9 Å². The molecule has 0 spiro atoms. The summed E-state index contributed by atoms with van der Waals surface area (Å²) >= 11 is 0. The van der Waals surface area contributed by atoms with Crippen molar-refractivity contribution < 1.29 is 0 Å². The van der Waals surface area contributed by atoms with Gasteiger partial charge in [0.15, 0.2) is 0 Å². The van der Waals surface area contributed by atoms with E-state index in [2.05, 4.69) is 92.7 Å². The Morgan fingerprint density at radius 2 is 1.76 bits per heavy atom. The first-order valence-corrected chi connectivity index (χ1v) is 11.3.